The quantitative estimate of drug-likeness (QED) is 0.423. The summed E-state index contributed by atoms with van der Waals surface area (Å²) >= 11 is 3.43. The molecule has 33 heavy (non-hydrogen) atoms. The van der Waals surface area contributed by atoms with Crippen molar-refractivity contribution < 1.29 is 9.59 Å². The molecule has 0 bridgehead atoms. The van der Waals surface area contributed by atoms with Crippen LogP contribution >= 0.6 is 15.9 Å². The van der Waals surface area contributed by atoms with E-state index in [-0.39, 0.29) is 24.5 Å². The first-order chi connectivity index (χ1) is 15.9. The zero-order chi connectivity index (χ0) is 23.4. The van der Waals surface area contributed by atoms with Crippen LogP contribution in [0, 0.1) is 0 Å². The number of hydrogen-bond acceptors (Lipinski definition) is 4. The first kappa shape index (κ1) is 23.7. The number of halogens is 1. The first-order valence-electron chi connectivity index (χ1n) is 11.5. The lowest BCUT2D eigenvalue weighted by Crippen LogP contribution is -2.56. The summed E-state index contributed by atoms with van der Waals surface area (Å²) in [6.45, 7) is 6.88. The van der Waals surface area contributed by atoms with E-state index in [4.69, 9.17) is 5.73 Å². The maximum absolute atomic E-state index is 13.6. The number of carbonyl (C=O) groups is 2. The van der Waals surface area contributed by atoms with E-state index in [0.29, 0.717) is 19.4 Å². The fourth-order valence-electron chi connectivity index (χ4n) is 4.89. The lowest BCUT2D eigenvalue weighted by atomic mass is 9.85. The zero-order valence-electron chi connectivity index (χ0n) is 18.8. The summed E-state index contributed by atoms with van der Waals surface area (Å²) in [6, 6.07) is 17.6. The van der Waals surface area contributed by atoms with Gasteiger partial charge >= 0.3 is 6.03 Å². The van der Waals surface area contributed by atoms with Crippen LogP contribution in [-0.4, -0.2) is 58.4 Å². The van der Waals surface area contributed by atoms with E-state index >= 15 is 0 Å². The van der Waals surface area contributed by atoms with Crippen molar-refractivity contribution in [3.8, 4) is 0 Å². The van der Waals surface area contributed by atoms with Gasteiger partial charge in [0.1, 0.15) is 5.54 Å². The molecule has 0 aromatic heterocycles. The van der Waals surface area contributed by atoms with E-state index in [1.807, 2.05) is 42.5 Å². The minimum Gasteiger partial charge on any atom is -0.324 e. The van der Waals surface area contributed by atoms with E-state index in [9.17, 15) is 9.59 Å². The second kappa shape index (κ2) is 10.2. The van der Waals surface area contributed by atoms with Gasteiger partial charge in [-0.3, -0.25) is 9.69 Å². The summed E-state index contributed by atoms with van der Waals surface area (Å²) in [5, 5.41) is 0. The van der Waals surface area contributed by atoms with Crippen molar-refractivity contribution in [3.63, 3.8) is 0 Å². The van der Waals surface area contributed by atoms with E-state index in [0.717, 1.165) is 41.7 Å². The highest BCUT2D eigenvalue weighted by molar-refractivity contribution is 9.10. The minimum atomic E-state index is -0.779. The number of nitrogens with two attached hydrogens (primary N) is 1. The fraction of sp³-hybridized carbons (Fsp3) is 0.385. The maximum Gasteiger partial charge on any atom is 0.328 e. The Kier molecular flexibility index (Phi) is 7.32. The topological polar surface area (TPSA) is 69.9 Å². The molecule has 2 aromatic rings. The lowest BCUT2D eigenvalue weighted by molar-refractivity contribution is -0.135. The average Bonchev–Trinajstić information content (AvgIpc) is 3.02. The van der Waals surface area contributed by atoms with Crippen LogP contribution in [0.2, 0.25) is 0 Å². The molecule has 0 radical (unpaired) electrons. The molecule has 2 aromatic carbocycles. The highest BCUT2D eigenvalue weighted by atomic mass is 79.9. The van der Waals surface area contributed by atoms with Gasteiger partial charge in [-0.05, 0) is 49.1 Å². The molecule has 2 aliphatic heterocycles. The Hall–Kier alpha value is -2.48. The van der Waals surface area contributed by atoms with Gasteiger partial charge < -0.3 is 15.5 Å². The Morgan fingerprint density at radius 2 is 1.73 bits per heavy atom. The molecule has 174 valence electrons. The predicted molar refractivity (Wildman–Crippen MR) is 133 cm³/mol. The summed E-state index contributed by atoms with van der Waals surface area (Å²) in [6.07, 6.45) is 3.82. The van der Waals surface area contributed by atoms with Crippen LogP contribution in [0.15, 0.2) is 71.7 Å². The van der Waals surface area contributed by atoms with Crippen molar-refractivity contribution in [1.29, 1.82) is 0 Å². The summed E-state index contributed by atoms with van der Waals surface area (Å²) in [7, 11) is 0. The monoisotopic (exact) mass is 510 g/mol. The van der Waals surface area contributed by atoms with Crippen LogP contribution in [0.4, 0.5) is 4.79 Å². The van der Waals surface area contributed by atoms with Crippen molar-refractivity contribution >= 4 is 27.9 Å². The van der Waals surface area contributed by atoms with Crippen LogP contribution in [0.25, 0.3) is 0 Å². The van der Waals surface area contributed by atoms with E-state index in [1.165, 1.54) is 4.90 Å². The number of carbonyl (C=O) groups excluding carboxylic acids is 2. The van der Waals surface area contributed by atoms with Crippen LogP contribution in [0.3, 0.4) is 0 Å². The third-order valence-electron chi connectivity index (χ3n) is 6.85. The molecule has 2 saturated heterocycles. The maximum atomic E-state index is 13.6. The molecular formula is C26H31BrN4O2. The Bertz CT molecular complexity index is 987. The van der Waals surface area contributed by atoms with Crippen molar-refractivity contribution in [2.75, 3.05) is 26.2 Å². The summed E-state index contributed by atoms with van der Waals surface area (Å²) in [4.78, 5) is 32.3. The second-order valence-corrected chi connectivity index (χ2v) is 9.79. The summed E-state index contributed by atoms with van der Waals surface area (Å²) < 4.78 is 0.967. The highest BCUT2D eigenvalue weighted by Crippen LogP contribution is 2.38. The van der Waals surface area contributed by atoms with Gasteiger partial charge in [-0.15, -0.1) is 6.58 Å². The number of hydrogen-bond donors (Lipinski definition) is 1. The number of amides is 3. The Morgan fingerprint density at radius 3 is 2.36 bits per heavy atom. The van der Waals surface area contributed by atoms with Crippen molar-refractivity contribution in [3.05, 3.63) is 82.9 Å². The molecule has 6 nitrogen and oxygen atoms in total. The van der Waals surface area contributed by atoms with Gasteiger partial charge in [0.05, 0.1) is 6.54 Å². The SMILES string of the molecule is C=CCN1C(=O)N(Cc2ccc(Br)cc2)C(=O)C12CCN(CC[C@H](N)c1ccccc1)CC2. The molecule has 1 spiro atoms. The molecular weight excluding hydrogens is 480 g/mol. The van der Waals surface area contributed by atoms with Gasteiger partial charge in [0, 0.05) is 30.1 Å². The average molecular weight is 511 g/mol. The number of imide groups is 1. The van der Waals surface area contributed by atoms with Gasteiger partial charge in [-0.25, -0.2) is 4.79 Å². The van der Waals surface area contributed by atoms with Crippen LogP contribution < -0.4 is 5.73 Å². The third kappa shape index (κ3) is 4.90. The number of rotatable bonds is 8. The van der Waals surface area contributed by atoms with Crippen LogP contribution in [-0.2, 0) is 11.3 Å². The molecule has 7 heteroatoms. The number of piperidine rings is 1. The van der Waals surface area contributed by atoms with Crippen molar-refractivity contribution in [2.24, 2.45) is 5.73 Å². The minimum absolute atomic E-state index is 0.00422. The summed E-state index contributed by atoms with van der Waals surface area (Å²) in [5.41, 5.74) is 7.67. The molecule has 0 aliphatic carbocycles. The first-order valence-corrected chi connectivity index (χ1v) is 12.3. The molecule has 2 aliphatic rings. The van der Waals surface area contributed by atoms with E-state index in [2.05, 4.69) is 39.5 Å². The van der Waals surface area contributed by atoms with Gasteiger partial charge in [0.15, 0.2) is 0 Å². The highest BCUT2D eigenvalue weighted by Gasteiger charge is 2.57. The van der Waals surface area contributed by atoms with E-state index < -0.39 is 5.54 Å². The molecule has 0 unspecified atom stereocenters. The molecule has 2 heterocycles. The van der Waals surface area contributed by atoms with Crippen LogP contribution in [0.1, 0.15) is 36.4 Å². The van der Waals surface area contributed by atoms with Gasteiger partial charge in [0.25, 0.3) is 5.91 Å². The van der Waals surface area contributed by atoms with Gasteiger partial charge in [-0.2, -0.15) is 0 Å². The molecule has 4 rings (SSSR count). The zero-order valence-corrected chi connectivity index (χ0v) is 20.4. The lowest BCUT2D eigenvalue weighted by Gasteiger charge is -2.42. The molecule has 3 amide bonds. The standard InChI is InChI=1S/C26H31BrN4O2/c1-2-15-31-25(33)30(19-20-8-10-22(27)11-9-20)24(32)26(31)13-17-29(18-14-26)16-12-23(28)21-6-4-3-5-7-21/h2-11,23H,1,12-19,28H2/t23-/m0/s1. The number of nitrogens with zero attached hydrogens (tertiary/aromatic N) is 3. The third-order valence-corrected chi connectivity index (χ3v) is 7.38. The van der Waals surface area contributed by atoms with Gasteiger partial charge in [0.2, 0.25) is 0 Å². The molecule has 1 atom stereocenters. The largest absolute Gasteiger partial charge is 0.328 e. The Morgan fingerprint density at radius 1 is 1.06 bits per heavy atom. The summed E-state index contributed by atoms with van der Waals surface area (Å²) in [5.74, 6) is -0.0853. The molecule has 0 saturated carbocycles. The number of benzene rings is 2. The van der Waals surface area contributed by atoms with Crippen molar-refractivity contribution in [2.45, 2.75) is 37.4 Å². The molecule has 2 N–H and O–H groups in total. The van der Waals surface area contributed by atoms with E-state index in [1.54, 1.807) is 11.0 Å². The predicted octanol–water partition coefficient (Wildman–Crippen LogP) is 4.32. The van der Waals surface area contributed by atoms with Crippen molar-refractivity contribution in [1.82, 2.24) is 14.7 Å². The van der Waals surface area contributed by atoms with Crippen LogP contribution in [0.5, 0.6) is 0 Å². The second-order valence-electron chi connectivity index (χ2n) is 8.88. The normalized spacial score (nSPS) is 19.3. The van der Waals surface area contributed by atoms with Gasteiger partial charge in [-0.1, -0.05) is 64.5 Å². The molecule has 2 fully saturated rings. The smallest absolute Gasteiger partial charge is 0.324 e. The Balaban J connectivity index is 1.42. The Labute approximate surface area is 204 Å². The fourth-order valence-corrected chi connectivity index (χ4v) is 5.16. The number of urea groups is 1. The number of likely N-dealkylation sites (tertiary alicyclic amines) is 1.